The molecule has 1 aromatic rings. The maximum absolute atomic E-state index is 12.2. The molecule has 0 saturated heterocycles. The van der Waals surface area contributed by atoms with Gasteiger partial charge in [-0.2, -0.15) is 0 Å². The second kappa shape index (κ2) is 10.2. The number of carbonyl (C=O) groups is 1. The van der Waals surface area contributed by atoms with Crippen LogP contribution < -0.4 is 16.0 Å². The van der Waals surface area contributed by atoms with Crippen molar-refractivity contribution in [1.29, 1.82) is 0 Å². The van der Waals surface area contributed by atoms with Gasteiger partial charge in [-0.15, -0.1) is 0 Å². The molecule has 0 spiro atoms. The minimum atomic E-state index is -0.0934. The van der Waals surface area contributed by atoms with Crippen LogP contribution in [-0.2, 0) is 0 Å². The summed E-state index contributed by atoms with van der Waals surface area (Å²) in [5.74, 6) is 0.825. The van der Waals surface area contributed by atoms with Crippen LogP contribution in [0.3, 0.4) is 0 Å². The highest BCUT2D eigenvalue weighted by Crippen LogP contribution is 2.12. The van der Waals surface area contributed by atoms with Gasteiger partial charge in [0.25, 0.3) is 5.91 Å². The fourth-order valence-electron chi connectivity index (χ4n) is 2.38. The number of anilines is 1. The molecule has 0 aliphatic heterocycles. The molecular weight excluding hydrogens is 276 g/mol. The Bertz CT molecular complexity index is 433. The molecule has 0 bridgehead atoms. The maximum atomic E-state index is 12.2. The molecule has 3 N–H and O–H groups in total. The molecule has 5 nitrogen and oxygen atoms in total. The molecule has 1 amide bonds. The van der Waals surface area contributed by atoms with Crippen molar-refractivity contribution >= 4 is 11.7 Å². The third kappa shape index (κ3) is 5.64. The Kier molecular flexibility index (Phi) is 8.51. The van der Waals surface area contributed by atoms with Crippen LogP contribution in [0.15, 0.2) is 18.3 Å². The van der Waals surface area contributed by atoms with Crippen molar-refractivity contribution in [3.8, 4) is 0 Å². The highest BCUT2D eigenvalue weighted by atomic mass is 16.1. The predicted octanol–water partition coefficient (Wildman–Crippen LogP) is 2.57. The number of hydrogen-bond donors (Lipinski definition) is 2. The van der Waals surface area contributed by atoms with Crippen LogP contribution in [0.2, 0.25) is 0 Å². The summed E-state index contributed by atoms with van der Waals surface area (Å²) in [5, 5.41) is 2.99. The molecule has 124 valence electrons. The monoisotopic (exact) mass is 306 g/mol. The molecule has 0 aliphatic rings. The number of nitrogens with one attached hydrogen (secondary N) is 1. The lowest BCUT2D eigenvalue weighted by Crippen LogP contribution is -2.40. The average Bonchev–Trinajstić information content (AvgIpc) is 2.56. The summed E-state index contributed by atoms with van der Waals surface area (Å²) in [6.07, 6.45) is 5.82. The first-order chi connectivity index (χ1) is 10.7. The normalized spacial score (nSPS) is 12.0. The van der Waals surface area contributed by atoms with Gasteiger partial charge in [-0.1, -0.05) is 26.7 Å². The number of unbranched alkanes of at least 4 members (excludes halogenated alkanes) is 1. The van der Waals surface area contributed by atoms with Gasteiger partial charge in [-0.3, -0.25) is 4.79 Å². The zero-order chi connectivity index (χ0) is 16.4. The highest BCUT2D eigenvalue weighted by molar-refractivity contribution is 5.94. The number of carbonyl (C=O) groups excluding carboxylic acids is 1. The third-order valence-corrected chi connectivity index (χ3v) is 3.74. The van der Waals surface area contributed by atoms with Gasteiger partial charge < -0.3 is 16.0 Å². The average molecular weight is 306 g/mol. The highest BCUT2D eigenvalue weighted by Gasteiger charge is 2.13. The van der Waals surface area contributed by atoms with Crippen LogP contribution >= 0.6 is 0 Å². The summed E-state index contributed by atoms with van der Waals surface area (Å²) in [7, 11) is 0. The van der Waals surface area contributed by atoms with E-state index in [4.69, 9.17) is 5.73 Å². The van der Waals surface area contributed by atoms with Crippen molar-refractivity contribution in [2.45, 2.75) is 52.5 Å². The van der Waals surface area contributed by atoms with E-state index >= 15 is 0 Å². The molecule has 0 aliphatic carbocycles. The number of aromatic nitrogens is 1. The van der Waals surface area contributed by atoms with Gasteiger partial charge in [-0.25, -0.2) is 4.98 Å². The third-order valence-electron chi connectivity index (χ3n) is 3.74. The van der Waals surface area contributed by atoms with Crippen LogP contribution in [0.4, 0.5) is 5.82 Å². The van der Waals surface area contributed by atoms with Gasteiger partial charge in [0.2, 0.25) is 0 Å². The topological polar surface area (TPSA) is 71.2 Å². The van der Waals surface area contributed by atoms with E-state index in [1.54, 1.807) is 6.20 Å². The first-order valence-corrected chi connectivity index (χ1v) is 8.38. The standard InChI is InChI=1S/C17H30N4O/c1-4-7-8-15(12-18)20-17(22)14-9-10-16(19-13-14)21(6-3)11-5-2/h9-10,13,15H,4-8,11-12,18H2,1-3H3,(H,20,22). The maximum Gasteiger partial charge on any atom is 0.253 e. The van der Waals surface area contributed by atoms with E-state index in [9.17, 15) is 4.79 Å². The van der Waals surface area contributed by atoms with E-state index in [-0.39, 0.29) is 11.9 Å². The second-order valence-electron chi connectivity index (χ2n) is 5.53. The predicted molar refractivity (Wildman–Crippen MR) is 92.2 cm³/mol. The summed E-state index contributed by atoms with van der Waals surface area (Å²) >= 11 is 0. The van der Waals surface area contributed by atoms with Gasteiger partial charge >= 0.3 is 0 Å². The van der Waals surface area contributed by atoms with E-state index in [0.717, 1.165) is 44.6 Å². The summed E-state index contributed by atoms with van der Waals surface area (Å²) < 4.78 is 0. The molecule has 0 saturated carbocycles. The van der Waals surface area contributed by atoms with E-state index in [1.807, 2.05) is 12.1 Å². The van der Waals surface area contributed by atoms with Gasteiger partial charge in [0.1, 0.15) is 5.82 Å². The quantitative estimate of drug-likeness (QED) is 0.697. The largest absolute Gasteiger partial charge is 0.357 e. The summed E-state index contributed by atoms with van der Waals surface area (Å²) in [4.78, 5) is 18.9. The Hall–Kier alpha value is -1.62. The zero-order valence-corrected chi connectivity index (χ0v) is 14.1. The van der Waals surface area contributed by atoms with Crippen LogP contribution in [0.5, 0.6) is 0 Å². The molecule has 1 atom stereocenters. The van der Waals surface area contributed by atoms with Gasteiger partial charge in [0.15, 0.2) is 0 Å². The lowest BCUT2D eigenvalue weighted by molar-refractivity contribution is 0.0935. The molecule has 1 unspecified atom stereocenters. The second-order valence-corrected chi connectivity index (χ2v) is 5.53. The van der Waals surface area contributed by atoms with Crippen molar-refractivity contribution in [3.05, 3.63) is 23.9 Å². The summed E-state index contributed by atoms with van der Waals surface area (Å²) in [5.41, 5.74) is 6.31. The number of nitrogens with two attached hydrogens (primary N) is 1. The SMILES string of the molecule is CCCCC(CN)NC(=O)c1ccc(N(CC)CCC)nc1. The van der Waals surface area contributed by atoms with Crippen LogP contribution in [-0.4, -0.2) is 36.6 Å². The minimum absolute atomic E-state index is 0.0411. The van der Waals surface area contributed by atoms with Crippen molar-refractivity contribution in [1.82, 2.24) is 10.3 Å². The molecule has 0 radical (unpaired) electrons. The number of hydrogen-bond acceptors (Lipinski definition) is 4. The summed E-state index contributed by atoms with van der Waals surface area (Å²) in [6, 6.07) is 3.79. The molecule has 5 heteroatoms. The summed E-state index contributed by atoms with van der Waals surface area (Å²) in [6.45, 7) is 8.75. The zero-order valence-electron chi connectivity index (χ0n) is 14.1. The van der Waals surface area contributed by atoms with Gasteiger partial charge in [-0.05, 0) is 31.9 Å². The van der Waals surface area contributed by atoms with Crippen LogP contribution in [0.1, 0.15) is 56.8 Å². The molecule has 0 aromatic carbocycles. The molecule has 1 heterocycles. The number of nitrogens with zero attached hydrogens (tertiary/aromatic N) is 2. The molecule has 1 rings (SSSR count). The Morgan fingerprint density at radius 1 is 1.32 bits per heavy atom. The minimum Gasteiger partial charge on any atom is -0.357 e. The Morgan fingerprint density at radius 2 is 2.09 bits per heavy atom. The lowest BCUT2D eigenvalue weighted by Gasteiger charge is -2.21. The first kappa shape index (κ1) is 18.4. The van der Waals surface area contributed by atoms with Crippen molar-refractivity contribution in [2.75, 3.05) is 24.5 Å². The van der Waals surface area contributed by atoms with Crippen molar-refractivity contribution in [2.24, 2.45) is 5.73 Å². The van der Waals surface area contributed by atoms with E-state index < -0.39 is 0 Å². The van der Waals surface area contributed by atoms with E-state index in [1.165, 1.54) is 0 Å². The van der Waals surface area contributed by atoms with Crippen molar-refractivity contribution < 1.29 is 4.79 Å². The Balaban J connectivity index is 2.66. The molecule has 1 aromatic heterocycles. The smallest absolute Gasteiger partial charge is 0.253 e. The van der Waals surface area contributed by atoms with Crippen LogP contribution in [0, 0.1) is 0 Å². The van der Waals surface area contributed by atoms with Gasteiger partial charge in [0.05, 0.1) is 5.56 Å². The number of rotatable bonds is 10. The first-order valence-electron chi connectivity index (χ1n) is 8.38. The van der Waals surface area contributed by atoms with Crippen LogP contribution in [0.25, 0.3) is 0 Å². The fourth-order valence-corrected chi connectivity index (χ4v) is 2.38. The van der Waals surface area contributed by atoms with E-state index in [2.05, 4.69) is 36.0 Å². The Morgan fingerprint density at radius 3 is 2.59 bits per heavy atom. The molecular formula is C17H30N4O. The lowest BCUT2D eigenvalue weighted by atomic mass is 10.1. The van der Waals surface area contributed by atoms with Crippen molar-refractivity contribution in [3.63, 3.8) is 0 Å². The van der Waals surface area contributed by atoms with E-state index in [0.29, 0.717) is 12.1 Å². The molecule has 22 heavy (non-hydrogen) atoms. The number of pyridine rings is 1. The van der Waals surface area contributed by atoms with Gasteiger partial charge in [0, 0.05) is 31.9 Å². The Labute approximate surface area is 134 Å². The number of amides is 1. The molecule has 0 fully saturated rings. The fraction of sp³-hybridized carbons (Fsp3) is 0.647.